The predicted molar refractivity (Wildman–Crippen MR) is 100 cm³/mol. The number of halogens is 2. The molecule has 1 amide bonds. The molecule has 0 saturated heterocycles. The van der Waals surface area contributed by atoms with Crippen LogP contribution in [-0.2, 0) is 7.05 Å². The molecule has 0 aliphatic heterocycles. The van der Waals surface area contributed by atoms with Gasteiger partial charge < -0.3 is 25.1 Å². The van der Waals surface area contributed by atoms with Crippen LogP contribution in [0, 0.1) is 0 Å². The van der Waals surface area contributed by atoms with Crippen LogP contribution in [0.1, 0.15) is 10.4 Å². The molecule has 0 unspecified atom stereocenters. The number of fused-ring (bicyclic) bond motifs is 1. The molecule has 0 fully saturated rings. The van der Waals surface area contributed by atoms with E-state index < -0.39 is 5.91 Å². The molecule has 2 heterocycles. The monoisotopic (exact) mass is 395 g/mol. The third-order valence-electron chi connectivity index (χ3n) is 3.84. The number of methoxy groups -OCH3 is 2. The Morgan fingerprint density at radius 2 is 1.81 bits per heavy atom. The fourth-order valence-corrected chi connectivity index (χ4v) is 3.19. The van der Waals surface area contributed by atoms with E-state index in [0.29, 0.717) is 28.1 Å². The second kappa shape index (κ2) is 6.89. The van der Waals surface area contributed by atoms with Crippen LogP contribution in [0.2, 0.25) is 10.0 Å². The first-order chi connectivity index (χ1) is 12.4. The first kappa shape index (κ1) is 18.1. The Hall–Kier alpha value is -2.71. The summed E-state index contributed by atoms with van der Waals surface area (Å²) in [5, 5.41) is 3.00. The molecular weight excluding hydrogens is 381 g/mol. The quantitative estimate of drug-likeness (QED) is 0.702. The van der Waals surface area contributed by atoms with E-state index in [-0.39, 0.29) is 21.6 Å². The number of hydrogen-bond acceptors (Lipinski definition) is 6. The molecule has 26 heavy (non-hydrogen) atoms. The minimum atomic E-state index is -0.465. The van der Waals surface area contributed by atoms with E-state index in [1.807, 2.05) is 0 Å². The molecule has 0 atom stereocenters. The zero-order valence-corrected chi connectivity index (χ0v) is 15.6. The lowest BCUT2D eigenvalue weighted by atomic mass is 10.2. The van der Waals surface area contributed by atoms with Gasteiger partial charge in [-0.1, -0.05) is 23.2 Å². The largest absolute Gasteiger partial charge is 0.495 e. The minimum absolute atomic E-state index is 0.154. The maximum atomic E-state index is 12.8. The number of nitrogen functional groups attached to an aromatic ring is 1. The Morgan fingerprint density at radius 1 is 1.19 bits per heavy atom. The van der Waals surface area contributed by atoms with Crippen molar-refractivity contribution in [3.8, 4) is 11.5 Å². The number of carbonyl (C=O) groups is 1. The SMILES string of the molecule is COc1cc(OC)c(Cl)c(NC(=O)c2cn(C)c3c(N)ncnc23)c1Cl. The number of anilines is 2. The third-order valence-corrected chi connectivity index (χ3v) is 4.59. The molecule has 8 nitrogen and oxygen atoms in total. The molecule has 1 aromatic carbocycles. The molecule has 0 aliphatic rings. The summed E-state index contributed by atoms with van der Waals surface area (Å²) in [6, 6.07) is 1.53. The first-order valence-electron chi connectivity index (χ1n) is 7.35. The second-order valence-electron chi connectivity index (χ2n) is 5.35. The van der Waals surface area contributed by atoms with Crippen molar-refractivity contribution in [2.45, 2.75) is 0 Å². The molecule has 0 bridgehead atoms. The highest BCUT2D eigenvalue weighted by Crippen LogP contribution is 2.44. The number of benzene rings is 1. The third kappa shape index (κ3) is 2.87. The minimum Gasteiger partial charge on any atom is -0.495 e. The van der Waals surface area contributed by atoms with Gasteiger partial charge in [0.2, 0.25) is 0 Å². The number of hydrogen-bond donors (Lipinski definition) is 2. The van der Waals surface area contributed by atoms with Gasteiger partial charge >= 0.3 is 0 Å². The summed E-state index contributed by atoms with van der Waals surface area (Å²) in [6.07, 6.45) is 2.90. The molecule has 136 valence electrons. The van der Waals surface area contributed by atoms with Crippen LogP contribution in [-0.4, -0.2) is 34.7 Å². The van der Waals surface area contributed by atoms with E-state index in [9.17, 15) is 4.79 Å². The van der Waals surface area contributed by atoms with E-state index in [2.05, 4.69) is 15.3 Å². The van der Waals surface area contributed by atoms with E-state index in [0.717, 1.165) is 0 Å². The molecule has 10 heteroatoms. The van der Waals surface area contributed by atoms with Crippen LogP contribution < -0.4 is 20.5 Å². The van der Waals surface area contributed by atoms with Crippen molar-refractivity contribution in [3.63, 3.8) is 0 Å². The molecular formula is C16H15Cl2N5O3. The van der Waals surface area contributed by atoms with Crippen LogP contribution in [0.15, 0.2) is 18.6 Å². The Labute approximate surface area is 158 Å². The van der Waals surface area contributed by atoms with Gasteiger partial charge in [-0.2, -0.15) is 0 Å². The van der Waals surface area contributed by atoms with Gasteiger partial charge in [-0.15, -0.1) is 0 Å². The molecule has 0 saturated carbocycles. The van der Waals surface area contributed by atoms with Crippen molar-refractivity contribution in [2.24, 2.45) is 7.05 Å². The van der Waals surface area contributed by atoms with Gasteiger partial charge in [-0.3, -0.25) is 4.79 Å². The number of aromatic nitrogens is 3. The van der Waals surface area contributed by atoms with Crippen molar-refractivity contribution in [3.05, 3.63) is 34.2 Å². The van der Waals surface area contributed by atoms with Crippen molar-refractivity contribution in [2.75, 3.05) is 25.3 Å². The van der Waals surface area contributed by atoms with Crippen molar-refractivity contribution in [1.29, 1.82) is 0 Å². The molecule has 3 rings (SSSR count). The highest BCUT2D eigenvalue weighted by atomic mass is 35.5. The molecule has 3 aromatic rings. The summed E-state index contributed by atoms with van der Waals surface area (Å²) in [6.45, 7) is 0. The normalized spacial score (nSPS) is 10.8. The van der Waals surface area contributed by atoms with Gasteiger partial charge in [0.05, 0.1) is 25.5 Å². The van der Waals surface area contributed by atoms with Gasteiger partial charge in [0.25, 0.3) is 5.91 Å². The highest BCUT2D eigenvalue weighted by molar-refractivity contribution is 6.42. The number of carbonyl (C=O) groups excluding carboxylic acids is 1. The zero-order valence-electron chi connectivity index (χ0n) is 14.1. The highest BCUT2D eigenvalue weighted by Gasteiger charge is 2.22. The second-order valence-corrected chi connectivity index (χ2v) is 6.10. The van der Waals surface area contributed by atoms with E-state index in [1.54, 1.807) is 17.8 Å². The summed E-state index contributed by atoms with van der Waals surface area (Å²) < 4.78 is 12.1. The number of nitrogens with one attached hydrogen (secondary N) is 1. The lowest BCUT2D eigenvalue weighted by Crippen LogP contribution is -2.13. The summed E-state index contributed by atoms with van der Waals surface area (Å²) >= 11 is 12.6. The lowest BCUT2D eigenvalue weighted by molar-refractivity contribution is 0.102. The number of rotatable bonds is 4. The molecule has 3 N–H and O–H groups in total. The van der Waals surface area contributed by atoms with Crippen LogP contribution >= 0.6 is 23.2 Å². The lowest BCUT2D eigenvalue weighted by Gasteiger charge is -2.15. The maximum absolute atomic E-state index is 12.8. The van der Waals surface area contributed by atoms with Gasteiger partial charge in [0.15, 0.2) is 5.82 Å². The van der Waals surface area contributed by atoms with Gasteiger partial charge in [-0.25, -0.2) is 9.97 Å². The van der Waals surface area contributed by atoms with Gasteiger partial charge in [0, 0.05) is 19.3 Å². The summed E-state index contributed by atoms with van der Waals surface area (Å²) in [7, 11) is 4.64. The van der Waals surface area contributed by atoms with Gasteiger partial charge in [0.1, 0.15) is 38.9 Å². The standard InChI is InChI=1S/C16H15Cl2N5O3/c1-23-5-7(12-14(23)15(19)21-6-20-12)16(24)22-13-10(17)8(25-2)4-9(26-3)11(13)18/h4-6H,1-3H3,(H,22,24)(H2,19,20,21). The van der Waals surface area contributed by atoms with Gasteiger partial charge in [-0.05, 0) is 0 Å². The van der Waals surface area contributed by atoms with Crippen LogP contribution in [0.5, 0.6) is 11.5 Å². The Bertz CT molecular complexity index is 991. The van der Waals surface area contributed by atoms with Crippen molar-refractivity contribution in [1.82, 2.24) is 14.5 Å². The topological polar surface area (TPSA) is 104 Å². The van der Waals surface area contributed by atoms with Crippen molar-refractivity contribution >= 4 is 51.6 Å². The maximum Gasteiger partial charge on any atom is 0.259 e. The Morgan fingerprint density at radius 3 is 2.38 bits per heavy atom. The van der Waals surface area contributed by atoms with Crippen LogP contribution in [0.4, 0.5) is 11.5 Å². The fraction of sp³-hybridized carbons (Fsp3) is 0.188. The summed E-state index contributed by atoms with van der Waals surface area (Å²) in [4.78, 5) is 20.9. The molecule has 0 aliphatic carbocycles. The molecule has 0 spiro atoms. The van der Waals surface area contributed by atoms with E-state index in [1.165, 1.54) is 26.6 Å². The Kier molecular flexibility index (Phi) is 4.80. The number of aryl methyl sites for hydroxylation is 1. The predicted octanol–water partition coefficient (Wildman–Crippen LogP) is 3.13. The first-order valence-corrected chi connectivity index (χ1v) is 8.11. The van der Waals surface area contributed by atoms with Crippen LogP contribution in [0.25, 0.3) is 11.0 Å². The Balaban J connectivity index is 2.08. The summed E-state index contributed by atoms with van der Waals surface area (Å²) in [5.41, 5.74) is 7.31. The zero-order chi connectivity index (χ0) is 19.0. The van der Waals surface area contributed by atoms with E-state index >= 15 is 0 Å². The smallest absolute Gasteiger partial charge is 0.259 e. The number of amides is 1. The number of nitrogens with two attached hydrogens (primary N) is 1. The number of ether oxygens (including phenoxy) is 2. The van der Waals surface area contributed by atoms with Crippen LogP contribution in [0.3, 0.4) is 0 Å². The summed E-state index contributed by atoms with van der Waals surface area (Å²) in [5.74, 6) is 0.434. The average Bonchev–Trinajstić information content (AvgIpc) is 2.97. The molecule has 2 aromatic heterocycles. The van der Waals surface area contributed by atoms with E-state index in [4.69, 9.17) is 38.4 Å². The molecule has 0 radical (unpaired) electrons. The number of nitrogens with zero attached hydrogens (tertiary/aromatic N) is 3. The average molecular weight is 396 g/mol. The fourth-order valence-electron chi connectivity index (χ4n) is 2.60. The van der Waals surface area contributed by atoms with Crippen molar-refractivity contribution < 1.29 is 14.3 Å².